The van der Waals surface area contributed by atoms with Gasteiger partial charge < -0.3 is 10.2 Å². The van der Waals surface area contributed by atoms with Crippen LogP contribution in [0.25, 0.3) is 0 Å². The van der Waals surface area contributed by atoms with E-state index in [1.165, 1.54) is 4.90 Å². The first kappa shape index (κ1) is 10.5. The van der Waals surface area contributed by atoms with E-state index >= 15 is 0 Å². The number of imide groups is 1. The largest absolute Gasteiger partial charge is 0.336 e. The van der Waals surface area contributed by atoms with Crippen molar-refractivity contribution >= 4 is 17.8 Å². The highest BCUT2D eigenvalue weighted by molar-refractivity contribution is 6.02. The van der Waals surface area contributed by atoms with Crippen LogP contribution in [0.4, 0.5) is 4.79 Å². The maximum absolute atomic E-state index is 11.4. The van der Waals surface area contributed by atoms with Crippen LogP contribution in [0.5, 0.6) is 0 Å². The van der Waals surface area contributed by atoms with E-state index in [4.69, 9.17) is 0 Å². The highest BCUT2D eigenvalue weighted by atomic mass is 16.2. The summed E-state index contributed by atoms with van der Waals surface area (Å²) < 4.78 is 0. The molecule has 1 fully saturated rings. The van der Waals surface area contributed by atoms with E-state index in [9.17, 15) is 14.4 Å². The summed E-state index contributed by atoms with van der Waals surface area (Å²) in [7, 11) is 0. The van der Waals surface area contributed by atoms with Crippen LogP contribution >= 0.6 is 0 Å². The zero-order valence-corrected chi connectivity index (χ0v) is 8.16. The Kier molecular flexibility index (Phi) is 3.06. The summed E-state index contributed by atoms with van der Waals surface area (Å²) >= 11 is 0. The van der Waals surface area contributed by atoms with Crippen molar-refractivity contribution < 1.29 is 14.4 Å². The third-order valence-corrected chi connectivity index (χ3v) is 1.65. The minimum atomic E-state index is -0.444. The lowest BCUT2D eigenvalue weighted by molar-refractivity contribution is -0.134. The maximum atomic E-state index is 11.4. The lowest BCUT2D eigenvalue weighted by Gasteiger charge is -2.26. The lowest BCUT2D eigenvalue weighted by Crippen LogP contribution is -2.56. The van der Waals surface area contributed by atoms with E-state index in [-0.39, 0.29) is 25.2 Å². The molecule has 6 heteroatoms. The van der Waals surface area contributed by atoms with Gasteiger partial charge in [-0.25, -0.2) is 4.79 Å². The Morgan fingerprint density at radius 1 is 1.36 bits per heavy atom. The van der Waals surface area contributed by atoms with E-state index in [0.29, 0.717) is 0 Å². The Hall–Kier alpha value is -1.59. The van der Waals surface area contributed by atoms with Gasteiger partial charge in [-0.2, -0.15) is 0 Å². The fourth-order valence-electron chi connectivity index (χ4n) is 1.12. The molecule has 1 rings (SSSR count). The first-order chi connectivity index (χ1) is 6.49. The second-order valence-electron chi connectivity index (χ2n) is 3.43. The van der Waals surface area contributed by atoms with Crippen LogP contribution in [-0.2, 0) is 9.59 Å². The minimum Gasteiger partial charge on any atom is -0.336 e. The molecule has 0 bridgehead atoms. The van der Waals surface area contributed by atoms with Gasteiger partial charge in [0.25, 0.3) is 0 Å². The molecule has 1 heterocycles. The summed E-state index contributed by atoms with van der Waals surface area (Å²) in [5, 5.41) is 4.73. The number of hydrogen-bond acceptors (Lipinski definition) is 3. The van der Waals surface area contributed by atoms with Crippen LogP contribution < -0.4 is 10.6 Å². The summed E-state index contributed by atoms with van der Waals surface area (Å²) in [6, 6.07) is -0.397. The molecule has 78 valence electrons. The number of hydrogen-bond donors (Lipinski definition) is 2. The molecule has 0 atom stereocenters. The van der Waals surface area contributed by atoms with E-state index in [1.54, 1.807) is 0 Å². The molecule has 1 aliphatic heterocycles. The number of carbonyl (C=O) groups excluding carboxylic acids is 3. The monoisotopic (exact) mass is 199 g/mol. The molecule has 0 unspecified atom stereocenters. The zero-order chi connectivity index (χ0) is 10.7. The number of nitrogens with one attached hydrogen (secondary N) is 2. The first-order valence-corrected chi connectivity index (χ1v) is 4.37. The number of nitrogens with zero attached hydrogens (tertiary/aromatic N) is 1. The smallest absolute Gasteiger partial charge is 0.318 e. The molecule has 1 saturated heterocycles. The number of urea groups is 1. The summed E-state index contributed by atoms with van der Waals surface area (Å²) in [5.74, 6) is -0.889. The minimum absolute atomic E-state index is 0.0115. The number of carbonyl (C=O) groups is 3. The fraction of sp³-hybridized carbons (Fsp3) is 0.625. The summed E-state index contributed by atoms with van der Waals surface area (Å²) in [6.45, 7) is 3.49. The molecule has 0 aromatic rings. The van der Waals surface area contributed by atoms with Crippen molar-refractivity contribution in [1.82, 2.24) is 15.5 Å². The highest BCUT2D eigenvalue weighted by Crippen LogP contribution is 1.95. The van der Waals surface area contributed by atoms with Crippen molar-refractivity contribution in [2.24, 2.45) is 0 Å². The molecule has 2 N–H and O–H groups in total. The Bertz CT molecular complexity index is 259. The molecule has 0 aromatic heterocycles. The third-order valence-electron chi connectivity index (χ3n) is 1.65. The van der Waals surface area contributed by atoms with Gasteiger partial charge in [0.05, 0.1) is 0 Å². The molecule has 0 saturated carbocycles. The van der Waals surface area contributed by atoms with E-state index in [1.807, 2.05) is 13.8 Å². The SMILES string of the molecule is CC(C)NC(=O)N1CC(=O)NC(=O)C1. The lowest BCUT2D eigenvalue weighted by atomic mass is 10.3. The van der Waals surface area contributed by atoms with Gasteiger partial charge in [-0.1, -0.05) is 0 Å². The Labute approximate surface area is 81.6 Å². The second kappa shape index (κ2) is 4.08. The molecule has 0 aromatic carbocycles. The first-order valence-electron chi connectivity index (χ1n) is 4.37. The zero-order valence-electron chi connectivity index (χ0n) is 8.16. The van der Waals surface area contributed by atoms with E-state index in [2.05, 4.69) is 10.6 Å². The van der Waals surface area contributed by atoms with Crippen LogP contribution in [0, 0.1) is 0 Å². The van der Waals surface area contributed by atoms with Gasteiger partial charge in [0, 0.05) is 6.04 Å². The molecule has 14 heavy (non-hydrogen) atoms. The molecule has 0 spiro atoms. The van der Waals surface area contributed by atoms with Gasteiger partial charge in [-0.05, 0) is 13.8 Å². The molecule has 1 aliphatic rings. The van der Waals surface area contributed by atoms with Crippen molar-refractivity contribution in [3.05, 3.63) is 0 Å². The molecule has 4 amide bonds. The third kappa shape index (κ3) is 2.72. The number of piperazine rings is 1. The molecule has 6 nitrogen and oxygen atoms in total. The van der Waals surface area contributed by atoms with Crippen LogP contribution in [0.15, 0.2) is 0 Å². The van der Waals surface area contributed by atoms with Crippen LogP contribution in [0.2, 0.25) is 0 Å². The molecule has 0 radical (unpaired) electrons. The summed E-state index contributed by atoms with van der Waals surface area (Å²) in [5.41, 5.74) is 0. The number of amides is 4. The van der Waals surface area contributed by atoms with E-state index in [0.717, 1.165) is 0 Å². The quantitative estimate of drug-likeness (QED) is 0.535. The van der Waals surface area contributed by atoms with Crippen molar-refractivity contribution in [1.29, 1.82) is 0 Å². The van der Waals surface area contributed by atoms with Gasteiger partial charge in [-0.15, -0.1) is 0 Å². The average molecular weight is 199 g/mol. The summed E-state index contributed by atoms with van der Waals surface area (Å²) in [4.78, 5) is 34.4. The fourth-order valence-corrected chi connectivity index (χ4v) is 1.12. The summed E-state index contributed by atoms with van der Waals surface area (Å²) in [6.07, 6.45) is 0. The number of rotatable bonds is 1. The predicted octanol–water partition coefficient (Wildman–Crippen LogP) is -0.937. The van der Waals surface area contributed by atoms with Crippen molar-refractivity contribution in [2.75, 3.05) is 13.1 Å². The van der Waals surface area contributed by atoms with Crippen molar-refractivity contribution in [3.8, 4) is 0 Å². The van der Waals surface area contributed by atoms with Crippen LogP contribution in [0.3, 0.4) is 0 Å². The Morgan fingerprint density at radius 2 is 1.86 bits per heavy atom. The van der Waals surface area contributed by atoms with Crippen molar-refractivity contribution in [2.45, 2.75) is 19.9 Å². The highest BCUT2D eigenvalue weighted by Gasteiger charge is 2.26. The van der Waals surface area contributed by atoms with Gasteiger partial charge in [0.15, 0.2) is 0 Å². The Morgan fingerprint density at radius 3 is 2.29 bits per heavy atom. The predicted molar refractivity (Wildman–Crippen MR) is 48.4 cm³/mol. The average Bonchev–Trinajstić information content (AvgIpc) is 2.00. The molecular weight excluding hydrogens is 186 g/mol. The van der Waals surface area contributed by atoms with Gasteiger partial charge in [0.1, 0.15) is 13.1 Å². The van der Waals surface area contributed by atoms with Crippen LogP contribution in [0.1, 0.15) is 13.8 Å². The molecule has 0 aliphatic carbocycles. The van der Waals surface area contributed by atoms with Crippen molar-refractivity contribution in [3.63, 3.8) is 0 Å². The van der Waals surface area contributed by atoms with Gasteiger partial charge in [-0.3, -0.25) is 14.9 Å². The molecular formula is C8H13N3O3. The topological polar surface area (TPSA) is 78.5 Å². The Balaban J connectivity index is 2.55. The normalized spacial score (nSPS) is 16.9. The van der Waals surface area contributed by atoms with Crippen LogP contribution in [-0.4, -0.2) is 41.9 Å². The van der Waals surface area contributed by atoms with Gasteiger partial charge in [0.2, 0.25) is 11.8 Å². The van der Waals surface area contributed by atoms with Gasteiger partial charge >= 0.3 is 6.03 Å². The maximum Gasteiger partial charge on any atom is 0.318 e. The van der Waals surface area contributed by atoms with E-state index < -0.39 is 11.8 Å². The second-order valence-corrected chi connectivity index (χ2v) is 3.43. The standard InChI is InChI=1S/C8H13N3O3/c1-5(2)9-8(14)11-3-6(12)10-7(13)4-11/h5H,3-4H2,1-2H3,(H,9,14)(H,10,12,13).